The smallest absolute Gasteiger partial charge is 0.433 e. The second-order valence-corrected chi connectivity index (χ2v) is 3.33. The van der Waals surface area contributed by atoms with E-state index in [1.807, 2.05) is 0 Å². The first kappa shape index (κ1) is 10.2. The van der Waals surface area contributed by atoms with Gasteiger partial charge in [-0.1, -0.05) is 0 Å². The standard InChI is InChI=1S/C9H9F3N2O/c10-9(11,12)7-2-1-5-6(13)3-4-15-8(5)14-7/h1-2,6H,3-4,13H2. The van der Waals surface area contributed by atoms with E-state index in [-0.39, 0.29) is 11.9 Å². The fraction of sp³-hybridized carbons (Fsp3) is 0.444. The molecule has 1 aromatic rings. The summed E-state index contributed by atoms with van der Waals surface area (Å²) in [5.41, 5.74) is 5.29. The van der Waals surface area contributed by atoms with Crippen LogP contribution in [-0.4, -0.2) is 11.6 Å². The molecule has 2 rings (SSSR count). The molecule has 1 unspecified atom stereocenters. The lowest BCUT2D eigenvalue weighted by Gasteiger charge is -2.22. The van der Waals surface area contributed by atoms with Crippen molar-refractivity contribution in [2.45, 2.75) is 18.6 Å². The van der Waals surface area contributed by atoms with E-state index in [1.54, 1.807) is 0 Å². The Morgan fingerprint density at radius 3 is 2.80 bits per heavy atom. The van der Waals surface area contributed by atoms with E-state index in [4.69, 9.17) is 10.5 Å². The summed E-state index contributed by atoms with van der Waals surface area (Å²) in [7, 11) is 0. The van der Waals surface area contributed by atoms with Crippen molar-refractivity contribution in [2.75, 3.05) is 6.61 Å². The summed E-state index contributed by atoms with van der Waals surface area (Å²) < 4.78 is 42.0. The Hall–Kier alpha value is -1.30. The van der Waals surface area contributed by atoms with Gasteiger partial charge in [-0.05, 0) is 12.1 Å². The third kappa shape index (κ3) is 1.90. The number of hydrogen-bond acceptors (Lipinski definition) is 3. The Labute approximate surface area is 84.1 Å². The molecule has 1 atom stereocenters. The zero-order valence-electron chi connectivity index (χ0n) is 7.71. The number of alkyl halides is 3. The minimum atomic E-state index is -4.44. The molecule has 0 radical (unpaired) electrons. The molecule has 0 aliphatic carbocycles. The lowest BCUT2D eigenvalue weighted by atomic mass is 10.0. The highest BCUT2D eigenvalue weighted by atomic mass is 19.4. The number of aromatic nitrogens is 1. The summed E-state index contributed by atoms with van der Waals surface area (Å²) in [5.74, 6) is 0.00331. The van der Waals surface area contributed by atoms with E-state index >= 15 is 0 Å². The normalized spacial score (nSPS) is 20.7. The number of ether oxygens (including phenoxy) is 1. The van der Waals surface area contributed by atoms with E-state index in [1.165, 1.54) is 6.07 Å². The Balaban J connectivity index is 2.42. The Kier molecular flexibility index (Phi) is 2.30. The van der Waals surface area contributed by atoms with Crippen molar-refractivity contribution in [1.29, 1.82) is 0 Å². The van der Waals surface area contributed by atoms with E-state index in [0.29, 0.717) is 18.6 Å². The zero-order valence-corrected chi connectivity index (χ0v) is 7.71. The zero-order chi connectivity index (χ0) is 11.1. The largest absolute Gasteiger partial charge is 0.477 e. The number of rotatable bonds is 0. The van der Waals surface area contributed by atoms with E-state index < -0.39 is 11.9 Å². The van der Waals surface area contributed by atoms with Crippen molar-refractivity contribution in [3.05, 3.63) is 23.4 Å². The molecule has 6 heteroatoms. The van der Waals surface area contributed by atoms with Crippen molar-refractivity contribution in [1.82, 2.24) is 4.98 Å². The molecule has 0 saturated carbocycles. The van der Waals surface area contributed by atoms with Gasteiger partial charge in [0.2, 0.25) is 5.88 Å². The van der Waals surface area contributed by atoms with E-state index in [9.17, 15) is 13.2 Å². The Bertz CT molecular complexity index is 378. The van der Waals surface area contributed by atoms with Crippen LogP contribution in [0, 0.1) is 0 Å². The van der Waals surface area contributed by atoms with Gasteiger partial charge in [-0.25, -0.2) is 4.98 Å². The van der Waals surface area contributed by atoms with Crippen molar-refractivity contribution >= 4 is 0 Å². The van der Waals surface area contributed by atoms with Gasteiger partial charge >= 0.3 is 6.18 Å². The van der Waals surface area contributed by atoms with Crippen LogP contribution < -0.4 is 10.5 Å². The van der Waals surface area contributed by atoms with Gasteiger partial charge in [-0.3, -0.25) is 0 Å². The molecule has 0 amide bonds. The summed E-state index contributed by atoms with van der Waals surface area (Å²) in [6.45, 7) is 0.308. The first-order valence-corrected chi connectivity index (χ1v) is 4.45. The van der Waals surface area contributed by atoms with Gasteiger partial charge in [0.25, 0.3) is 0 Å². The second-order valence-electron chi connectivity index (χ2n) is 3.33. The fourth-order valence-electron chi connectivity index (χ4n) is 1.44. The molecule has 2 heterocycles. The third-order valence-corrected chi connectivity index (χ3v) is 2.25. The Morgan fingerprint density at radius 1 is 1.40 bits per heavy atom. The van der Waals surface area contributed by atoms with Crippen molar-refractivity contribution in [2.24, 2.45) is 5.73 Å². The van der Waals surface area contributed by atoms with Crippen LogP contribution in [0.4, 0.5) is 13.2 Å². The molecule has 3 nitrogen and oxygen atoms in total. The molecule has 0 saturated heterocycles. The molecule has 2 N–H and O–H groups in total. The van der Waals surface area contributed by atoms with Crippen LogP contribution in [0.3, 0.4) is 0 Å². The van der Waals surface area contributed by atoms with Crippen molar-refractivity contribution < 1.29 is 17.9 Å². The van der Waals surface area contributed by atoms with E-state index in [2.05, 4.69) is 4.98 Å². The van der Waals surface area contributed by atoms with Gasteiger partial charge < -0.3 is 10.5 Å². The van der Waals surface area contributed by atoms with Crippen LogP contribution in [0.2, 0.25) is 0 Å². The average molecular weight is 218 g/mol. The number of fused-ring (bicyclic) bond motifs is 1. The molecule has 82 valence electrons. The summed E-state index contributed by atoms with van der Waals surface area (Å²) in [6, 6.07) is 1.96. The number of halogens is 3. The average Bonchev–Trinajstić information content (AvgIpc) is 2.16. The molecule has 0 fully saturated rings. The lowest BCUT2D eigenvalue weighted by molar-refractivity contribution is -0.141. The summed E-state index contributed by atoms with van der Waals surface area (Å²) in [5, 5.41) is 0. The third-order valence-electron chi connectivity index (χ3n) is 2.25. The monoisotopic (exact) mass is 218 g/mol. The predicted molar refractivity (Wildman–Crippen MR) is 46.3 cm³/mol. The van der Waals surface area contributed by atoms with Gasteiger partial charge in [0.1, 0.15) is 5.69 Å². The van der Waals surface area contributed by atoms with Crippen molar-refractivity contribution in [3.63, 3.8) is 0 Å². The highest BCUT2D eigenvalue weighted by Crippen LogP contribution is 2.34. The van der Waals surface area contributed by atoms with Gasteiger partial charge in [-0.2, -0.15) is 13.2 Å². The van der Waals surface area contributed by atoms with Crippen LogP contribution in [0.5, 0.6) is 5.88 Å². The van der Waals surface area contributed by atoms with Crippen LogP contribution in [0.15, 0.2) is 12.1 Å². The molecule has 0 bridgehead atoms. The summed E-state index contributed by atoms with van der Waals surface area (Å²) >= 11 is 0. The molecule has 0 aromatic carbocycles. The van der Waals surface area contributed by atoms with E-state index in [0.717, 1.165) is 6.07 Å². The Morgan fingerprint density at radius 2 is 2.13 bits per heavy atom. The molecular weight excluding hydrogens is 209 g/mol. The lowest BCUT2D eigenvalue weighted by Crippen LogP contribution is -2.22. The topological polar surface area (TPSA) is 48.1 Å². The van der Waals surface area contributed by atoms with Gasteiger partial charge in [0.15, 0.2) is 0 Å². The maximum absolute atomic E-state index is 12.3. The maximum Gasteiger partial charge on any atom is 0.433 e. The fourth-order valence-corrected chi connectivity index (χ4v) is 1.44. The van der Waals surface area contributed by atoms with Gasteiger partial charge in [0, 0.05) is 18.0 Å². The van der Waals surface area contributed by atoms with Crippen LogP contribution in [0.1, 0.15) is 23.7 Å². The molecular formula is C9H9F3N2O. The molecule has 0 spiro atoms. The highest BCUT2D eigenvalue weighted by Gasteiger charge is 2.34. The predicted octanol–water partition coefficient (Wildman–Crippen LogP) is 1.88. The van der Waals surface area contributed by atoms with Crippen LogP contribution in [0.25, 0.3) is 0 Å². The molecule has 1 aromatic heterocycles. The van der Waals surface area contributed by atoms with Crippen LogP contribution in [-0.2, 0) is 6.18 Å². The van der Waals surface area contributed by atoms with Gasteiger partial charge in [-0.15, -0.1) is 0 Å². The second kappa shape index (κ2) is 3.37. The van der Waals surface area contributed by atoms with Gasteiger partial charge in [0.05, 0.1) is 6.61 Å². The molecule has 1 aliphatic heterocycles. The quantitative estimate of drug-likeness (QED) is 0.723. The SMILES string of the molecule is NC1CCOc2nc(C(F)(F)F)ccc21. The first-order valence-electron chi connectivity index (χ1n) is 4.45. The number of pyridine rings is 1. The molecule has 15 heavy (non-hydrogen) atoms. The van der Waals surface area contributed by atoms with Crippen molar-refractivity contribution in [3.8, 4) is 5.88 Å². The first-order chi connectivity index (χ1) is 6.98. The highest BCUT2D eigenvalue weighted by molar-refractivity contribution is 5.33. The number of nitrogens with two attached hydrogens (primary N) is 1. The number of nitrogens with zero attached hydrogens (tertiary/aromatic N) is 1. The summed E-state index contributed by atoms with van der Waals surface area (Å²) in [4.78, 5) is 3.41. The maximum atomic E-state index is 12.3. The summed E-state index contributed by atoms with van der Waals surface area (Å²) in [6.07, 6.45) is -3.85. The number of hydrogen-bond donors (Lipinski definition) is 1. The van der Waals surface area contributed by atoms with Crippen LogP contribution >= 0.6 is 0 Å². The minimum absolute atomic E-state index is 0.00331. The molecule has 1 aliphatic rings. The minimum Gasteiger partial charge on any atom is -0.477 e.